The van der Waals surface area contributed by atoms with Crippen LogP contribution in [0.1, 0.15) is 44.7 Å². The Morgan fingerprint density at radius 1 is 1.03 bits per heavy atom. The molecule has 1 saturated heterocycles. The minimum absolute atomic E-state index is 0.0852. The molecule has 2 aliphatic rings. The summed E-state index contributed by atoms with van der Waals surface area (Å²) in [6.45, 7) is 1.94. The van der Waals surface area contributed by atoms with E-state index in [9.17, 15) is 19.8 Å². The lowest BCUT2D eigenvalue weighted by Crippen LogP contribution is -2.49. The Bertz CT molecular complexity index is 923. The first-order valence-electron chi connectivity index (χ1n) is 10.8. The first kappa shape index (κ1) is 21.5. The number of rotatable bonds is 5. The predicted molar refractivity (Wildman–Crippen MR) is 117 cm³/mol. The van der Waals surface area contributed by atoms with Crippen LogP contribution in [0.2, 0.25) is 0 Å². The third kappa shape index (κ3) is 5.12. The number of hydrogen-bond donors (Lipinski definition) is 4. The van der Waals surface area contributed by atoms with Crippen molar-refractivity contribution < 1.29 is 19.8 Å². The second kappa shape index (κ2) is 9.60. The normalized spacial score (nSPS) is 20.1. The maximum absolute atomic E-state index is 12.6. The molecule has 2 aromatic carbocycles. The third-order valence-electron chi connectivity index (χ3n) is 6.19. The molecular formula is C24H29N3O4. The number of carbonyl (C=O) groups is 2. The van der Waals surface area contributed by atoms with Crippen LogP contribution in [-0.2, 0) is 13.0 Å². The lowest BCUT2D eigenvalue weighted by atomic mass is 9.93. The summed E-state index contributed by atoms with van der Waals surface area (Å²) in [6.07, 6.45) is 0.875. The average molecular weight is 424 g/mol. The summed E-state index contributed by atoms with van der Waals surface area (Å²) in [4.78, 5) is 26.8. The number of nitrogens with one attached hydrogen (secondary N) is 2. The van der Waals surface area contributed by atoms with E-state index in [0.29, 0.717) is 43.6 Å². The molecule has 31 heavy (non-hydrogen) atoms. The summed E-state index contributed by atoms with van der Waals surface area (Å²) in [5.41, 5.74) is 3.43. The summed E-state index contributed by atoms with van der Waals surface area (Å²) < 4.78 is 0. The zero-order valence-corrected chi connectivity index (χ0v) is 17.5. The van der Waals surface area contributed by atoms with Gasteiger partial charge in [0, 0.05) is 43.3 Å². The largest absolute Gasteiger partial charge is 0.393 e. The Balaban J connectivity index is 1.28. The zero-order valence-electron chi connectivity index (χ0n) is 17.5. The van der Waals surface area contributed by atoms with Crippen molar-refractivity contribution in [3.8, 4) is 0 Å². The molecule has 0 bridgehead atoms. The molecule has 1 fully saturated rings. The second-order valence-electron chi connectivity index (χ2n) is 8.34. The summed E-state index contributed by atoms with van der Waals surface area (Å²) in [5, 5.41) is 26.2. The minimum atomic E-state index is -0.701. The van der Waals surface area contributed by atoms with Crippen LogP contribution in [0.3, 0.4) is 0 Å². The number of nitrogens with zero attached hydrogens (tertiary/aromatic N) is 1. The highest BCUT2D eigenvalue weighted by Crippen LogP contribution is 2.18. The van der Waals surface area contributed by atoms with Crippen molar-refractivity contribution >= 4 is 11.8 Å². The van der Waals surface area contributed by atoms with Gasteiger partial charge in [-0.15, -0.1) is 0 Å². The molecule has 2 aliphatic heterocycles. The third-order valence-corrected chi connectivity index (χ3v) is 6.19. The molecule has 2 atom stereocenters. The summed E-state index contributed by atoms with van der Waals surface area (Å²) in [7, 11) is 0. The molecule has 164 valence electrons. The number of amides is 2. The van der Waals surface area contributed by atoms with E-state index in [2.05, 4.69) is 22.8 Å². The summed E-state index contributed by atoms with van der Waals surface area (Å²) in [5.74, 6) is -0.367. The maximum atomic E-state index is 12.6. The van der Waals surface area contributed by atoms with Gasteiger partial charge in [-0.1, -0.05) is 24.3 Å². The molecule has 2 aromatic rings. The molecule has 2 heterocycles. The van der Waals surface area contributed by atoms with Crippen molar-refractivity contribution in [1.29, 1.82) is 0 Å². The van der Waals surface area contributed by atoms with Crippen LogP contribution < -0.4 is 10.6 Å². The first-order chi connectivity index (χ1) is 15.0. The van der Waals surface area contributed by atoms with Crippen molar-refractivity contribution in [3.05, 3.63) is 70.8 Å². The minimum Gasteiger partial charge on any atom is -0.393 e. The molecule has 4 N–H and O–H groups in total. The quantitative estimate of drug-likeness (QED) is 0.577. The average Bonchev–Trinajstić information content (AvgIpc) is 2.82. The predicted octanol–water partition coefficient (Wildman–Crippen LogP) is 1.09. The number of piperidine rings is 1. The van der Waals surface area contributed by atoms with E-state index in [4.69, 9.17) is 0 Å². The van der Waals surface area contributed by atoms with Crippen molar-refractivity contribution in [2.75, 3.05) is 19.6 Å². The van der Waals surface area contributed by atoms with Gasteiger partial charge in [0.05, 0.1) is 12.2 Å². The first-order valence-corrected chi connectivity index (χ1v) is 10.8. The van der Waals surface area contributed by atoms with Gasteiger partial charge in [0.15, 0.2) is 0 Å². The van der Waals surface area contributed by atoms with Gasteiger partial charge in [-0.3, -0.25) is 9.59 Å². The van der Waals surface area contributed by atoms with Gasteiger partial charge in [-0.2, -0.15) is 0 Å². The molecule has 0 saturated carbocycles. The fourth-order valence-electron chi connectivity index (χ4n) is 4.21. The van der Waals surface area contributed by atoms with E-state index in [-0.39, 0.29) is 30.5 Å². The van der Waals surface area contributed by atoms with Crippen LogP contribution >= 0.6 is 0 Å². The Labute approximate surface area is 182 Å². The lowest BCUT2D eigenvalue weighted by molar-refractivity contribution is 0.0546. The maximum Gasteiger partial charge on any atom is 0.253 e. The van der Waals surface area contributed by atoms with Gasteiger partial charge in [0.1, 0.15) is 0 Å². The molecule has 1 unspecified atom stereocenters. The zero-order chi connectivity index (χ0) is 21.8. The highest BCUT2D eigenvalue weighted by Gasteiger charge is 2.25. The summed E-state index contributed by atoms with van der Waals surface area (Å²) >= 11 is 0. The Morgan fingerprint density at radius 2 is 1.68 bits per heavy atom. The van der Waals surface area contributed by atoms with Crippen LogP contribution in [-0.4, -0.2) is 64.8 Å². The molecule has 0 spiro atoms. The van der Waals surface area contributed by atoms with E-state index in [1.807, 2.05) is 12.1 Å². The van der Waals surface area contributed by atoms with Gasteiger partial charge >= 0.3 is 0 Å². The molecule has 0 aliphatic carbocycles. The van der Waals surface area contributed by atoms with Gasteiger partial charge < -0.3 is 25.7 Å². The lowest BCUT2D eigenvalue weighted by Gasteiger charge is -2.30. The Morgan fingerprint density at radius 3 is 2.39 bits per heavy atom. The number of aliphatic hydroxyl groups is 2. The van der Waals surface area contributed by atoms with Gasteiger partial charge in [0.2, 0.25) is 0 Å². The topological polar surface area (TPSA) is 102 Å². The number of hydrogen-bond acceptors (Lipinski definition) is 5. The summed E-state index contributed by atoms with van der Waals surface area (Å²) in [6, 6.07) is 14.6. The van der Waals surface area contributed by atoms with Crippen LogP contribution in [0.15, 0.2) is 48.5 Å². The van der Waals surface area contributed by atoms with E-state index < -0.39 is 6.10 Å². The number of fused-ring (bicyclic) bond motifs is 1. The standard InChI is InChI=1S/C24H29N3O4/c28-20-9-11-27(12-10-20)24(31)17-7-5-16(6-8-17)23(30)26-15-22(29)21-13-18-3-1-2-4-19(18)14-25-21/h1-8,20-22,25,28-29H,9-15H2,(H,26,30)/t21-,22?/m0/s1. The Kier molecular flexibility index (Phi) is 6.65. The van der Waals surface area contributed by atoms with Crippen LogP contribution in [0, 0.1) is 0 Å². The SMILES string of the molecule is O=C(NCC(O)[C@@H]1Cc2ccccc2CN1)c1ccc(C(=O)N2CCC(O)CC2)cc1. The highest BCUT2D eigenvalue weighted by molar-refractivity contribution is 5.97. The van der Waals surface area contributed by atoms with Gasteiger partial charge in [-0.05, 0) is 54.7 Å². The number of likely N-dealkylation sites (tertiary alicyclic amines) is 1. The molecule has 2 amide bonds. The van der Waals surface area contributed by atoms with E-state index >= 15 is 0 Å². The van der Waals surface area contributed by atoms with Crippen LogP contribution in [0.5, 0.6) is 0 Å². The molecule has 0 radical (unpaired) electrons. The monoisotopic (exact) mass is 423 g/mol. The van der Waals surface area contributed by atoms with Crippen molar-refractivity contribution in [2.45, 2.75) is 44.1 Å². The van der Waals surface area contributed by atoms with E-state index in [1.165, 1.54) is 11.1 Å². The van der Waals surface area contributed by atoms with Crippen molar-refractivity contribution in [3.63, 3.8) is 0 Å². The van der Waals surface area contributed by atoms with Gasteiger partial charge in [-0.25, -0.2) is 0 Å². The fraction of sp³-hybridized carbons (Fsp3) is 0.417. The molecule has 7 nitrogen and oxygen atoms in total. The number of benzene rings is 2. The molecule has 4 rings (SSSR count). The smallest absolute Gasteiger partial charge is 0.253 e. The van der Waals surface area contributed by atoms with Crippen LogP contribution in [0.25, 0.3) is 0 Å². The molecule has 7 heteroatoms. The second-order valence-corrected chi connectivity index (χ2v) is 8.34. The van der Waals surface area contributed by atoms with E-state index in [1.54, 1.807) is 29.2 Å². The van der Waals surface area contributed by atoms with E-state index in [0.717, 1.165) is 6.42 Å². The number of carbonyl (C=O) groups excluding carboxylic acids is 2. The van der Waals surface area contributed by atoms with Gasteiger partial charge in [0.25, 0.3) is 11.8 Å². The van der Waals surface area contributed by atoms with Crippen molar-refractivity contribution in [1.82, 2.24) is 15.5 Å². The molecular weight excluding hydrogens is 394 g/mol. The number of aliphatic hydroxyl groups excluding tert-OH is 2. The fourth-order valence-corrected chi connectivity index (χ4v) is 4.21. The Hall–Kier alpha value is -2.74. The highest BCUT2D eigenvalue weighted by atomic mass is 16.3. The molecule has 0 aromatic heterocycles. The van der Waals surface area contributed by atoms with Crippen molar-refractivity contribution in [2.24, 2.45) is 0 Å². The van der Waals surface area contributed by atoms with Crippen LogP contribution in [0.4, 0.5) is 0 Å².